The number of benzene rings is 4. The topological polar surface area (TPSA) is 25.8 Å². The Morgan fingerprint density at radius 2 is 0.980 bits per heavy atom. The summed E-state index contributed by atoms with van der Waals surface area (Å²) >= 11 is 9.23. The minimum Gasteiger partial charge on any atom is -0.343 e. The van der Waals surface area contributed by atoms with Crippen LogP contribution in [0.4, 0.5) is 0 Å². The smallest absolute Gasteiger partial charge is 0.343 e. The summed E-state index contributed by atoms with van der Waals surface area (Å²) < 4.78 is 1.09. The van der Waals surface area contributed by atoms with Gasteiger partial charge in [0.2, 0.25) is 0 Å². The van der Waals surface area contributed by atoms with Crippen molar-refractivity contribution >= 4 is 69.5 Å². The van der Waals surface area contributed by atoms with E-state index < -0.39 is 15.5 Å². The van der Waals surface area contributed by atoms with Gasteiger partial charge in [-0.3, -0.25) is 0 Å². The number of hydrogen-bond acceptors (Lipinski definition) is 2. The van der Waals surface area contributed by atoms with Crippen molar-refractivity contribution in [2.45, 2.75) is 86.7 Å². The molecule has 0 fully saturated rings. The molecule has 0 saturated carbocycles. The van der Waals surface area contributed by atoms with Gasteiger partial charge in [-0.15, -0.1) is 0 Å². The molecule has 51 heavy (non-hydrogen) atoms. The maximum atomic E-state index is 5.67. The summed E-state index contributed by atoms with van der Waals surface area (Å²) in [4.78, 5) is 9.68. The maximum Gasteiger partial charge on any atom is 1.00 e. The Morgan fingerprint density at radius 3 is 1.37 bits per heavy atom. The molecule has 0 aliphatic rings. The molecule has 0 aliphatic heterocycles. The molecule has 0 unspecified atom stereocenters. The molecule has 2 aromatic heterocycles. The molecule has 0 N–H and O–H groups in total. The predicted octanol–water partition coefficient (Wildman–Crippen LogP) is 11.0. The number of fused-ring (bicyclic) bond motifs is 2. The second-order valence-corrected chi connectivity index (χ2v) is 28.4. The first-order valence-corrected chi connectivity index (χ1v) is 26.3. The maximum absolute atomic E-state index is 5.67. The molecule has 6 aromatic rings. The molecule has 0 bridgehead atoms. The molecule has 7 heteroatoms. The van der Waals surface area contributed by atoms with Gasteiger partial charge in [0.15, 0.2) is 0 Å². The Balaban J connectivity index is 0.000000283. The number of nitrogens with zero attached hydrogens (tertiary/aromatic N) is 2. The third-order valence-electron chi connectivity index (χ3n) is 7.61. The van der Waals surface area contributed by atoms with E-state index in [0.717, 1.165) is 38.7 Å². The SMILES string of the molecule is C[Si](C)(C)Cl.Cc1cc(C)cc(-c2ccc3c(Br)cccc3n2)c1.Cc1cc(C)cc(-c2ccc3c([Si](C)(C)C)cccc3n2)c1.[CH2-]CCC.[Li+]. The molecule has 0 saturated heterocycles. The van der Waals surface area contributed by atoms with Crippen LogP contribution in [0.5, 0.6) is 0 Å². The van der Waals surface area contributed by atoms with E-state index in [0.29, 0.717) is 0 Å². The van der Waals surface area contributed by atoms with Crippen molar-refractivity contribution in [1.29, 1.82) is 0 Å². The zero-order chi connectivity index (χ0) is 37.2. The minimum atomic E-state index is -1.35. The molecule has 0 spiro atoms. The molecule has 0 atom stereocenters. The summed E-state index contributed by atoms with van der Waals surface area (Å²) in [7, 11) is -2.49. The molecule has 0 radical (unpaired) electrons. The fraction of sp³-hybridized carbons (Fsp3) is 0.295. The van der Waals surface area contributed by atoms with Crippen molar-refractivity contribution in [2.24, 2.45) is 0 Å². The first-order valence-electron chi connectivity index (χ1n) is 17.5. The monoisotopic (exact) mass is 788 g/mol. The van der Waals surface area contributed by atoms with Crippen LogP contribution in [0.2, 0.25) is 39.3 Å². The number of pyridine rings is 2. The van der Waals surface area contributed by atoms with Gasteiger partial charge < -0.3 is 6.92 Å². The van der Waals surface area contributed by atoms with Gasteiger partial charge in [-0.05, 0) is 93.7 Å². The summed E-state index contributed by atoms with van der Waals surface area (Å²) in [5.41, 5.74) is 11.7. The molecule has 264 valence electrons. The van der Waals surface area contributed by atoms with Crippen molar-refractivity contribution in [2.75, 3.05) is 0 Å². The van der Waals surface area contributed by atoms with Crippen LogP contribution in [-0.2, 0) is 0 Å². The van der Waals surface area contributed by atoms with Gasteiger partial charge in [-0.2, -0.15) is 17.5 Å². The van der Waals surface area contributed by atoms with Crippen LogP contribution in [0.1, 0.15) is 42.0 Å². The van der Waals surface area contributed by atoms with Crippen molar-refractivity contribution in [1.82, 2.24) is 9.97 Å². The van der Waals surface area contributed by atoms with Crippen LogP contribution >= 0.6 is 27.0 Å². The predicted molar refractivity (Wildman–Crippen MR) is 233 cm³/mol. The number of unbranched alkanes of at least 4 members (excludes halogenated alkanes) is 1. The van der Waals surface area contributed by atoms with Gasteiger partial charge >= 0.3 is 18.9 Å². The number of aromatic nitrogens is 2. The van der Waals surface area contributed by atoms with Gasteiger partial charge in [0.05, 0.1) is 30.5 Å². The molecule has 2 heterocycles. The van der Waals surface area contributed by atoms with Crippen LogP contribution in [0.25, 0.3) is 44.3 Å². The summed E-state index contributed by atoms with van der Waals surface area (Å²) in [6.45, 7) is 27.7. The molecule has 6 rings (SSSR count). The average molecular weight is 790 g/mol. The third kappa shape index (κ3) is 14.4. The number of hydrogen-bond donors (Lipinski definition) is 0. The van der Waals surface area contributed by atoms with Gasteiger partial charge in [0.25, 0.3) is 0 Å². The van der Waals surface area contributed by atoms with Crippen molar-refractivity contribution in [3.63, 3.8) is 0 Å². The van der Waals surface area contributed by atoms with Crippen LogP contribution in [-0.4, -0.2) is 25.4 Å². The van der Waals surface area contributed by atoms with Crippen LogP contribution in [0.15, 0.2) is 102 Å². The van der Waals surface area contributed by atoms with Crippen molar-refractivity contribution in [3.8, 4) is 22.5 Å². The molecule has 4 aromatic carbocycles. The van der Waals surface area contributed by atoms with Crippen LogP contribution in [0, 0.1) is 34.6 Å². The Kier molecular flexibility index (Phi) is 17.6. The van der Waals surface area contributed by atoms with Crippen LogP contribution < -0.4 is 24.0 Å². The van der Waals surface area contributed by atoms with Gasteiger partial charge in [-0.25, -0.2) is 9.97 Å². The summed E-state index contributed by atoms with van der Waals surface area (Å²) in [6.07, 6.45) is 2.28. The minimum absolute atomic E-state index is 0. The largest absolute Gasteiger partial charge is 1.00 e. The number of halogens is 2. The second-order valence-electron chi connectivity index (χ2n) is 15.0. The second kappa shape index (κ2) is 20.1. The molecular formula is C44H55BrClLiN2Si2. The Bertz CT molecular complexity index is 1990. The number of rotatable bonds is 4. The van der Waals surface area contributed by atoms with E-state index in [4.69, 9.17) is 21.0 Å². The van der Waals surface area contributed by atoms with E-state index in [1.54, 1.807) is 0 Å². The van der Waals surface area contributed by atoms with Gasteiger partial charge in [0.1, 0.15) is 7.38 Å². The molecule has 0 amide bonds. The van der Waals surface area contributed by atoms with E-state index in [2.05, 4.69) is 176 Å². The van der Waals surface area contributed by atoms with E-state index >= 15 is 0 Å². The average Bonchev–Trinajstić information content (AvgIpc) is 3.02. The van der Waals surface area contributed by atoms with Gasteiger partial charge in [-0.1, -0.05) is 132 Å². The van der Waals surface area contributed by atoms with Gasteiger partial charge in [0, 0.05) is 21.0 Å². The zero-order valence-corrected chi connectivity index (χ0v) is 37.4. The standard InChI is InChI=1S/C20H23NSi.C17H14BrN.C4H9.C3H9ClSi.Li/c1-14-11-15(2)13-16(12-14)18-10-9-17-19(21-18)7-6-8-20(17)22(3,4)5;1-11-8-12(2)10-13(9-11)16-7-6-14-15(18)4-3-5-17(14)19-16;1-3-4-2;1-5(2,3)4;/h6-13H,1-5H3;3-10H,1-2H3;1,3-4H2,2H3;1-3H3;/q;;-1;;+1. The first-order chi connectivity index (χ1) is 23.4. The van der Waals surface area contributed by atoms with Crippen LogP contribution in [0.3, 0.4) is 0 Å². The fourth-order valence-corrected chi connectivity index (χ4v) is 7.60. The Morgan fingerprint density at radius 1 is 0.608 bits per heavy atom. The quantitative estimate of drug-likeness (QED) is 0.101. The summed E-state index contributed by atoms with van der Waals surface area (Å²) in [5.74, 6) is 0. The molecular weight excluding hydrogens is 735 g/mol. The van der Waals surface area contributed by atoms with Crippen molar-refractivity contribution < 1.29 is 18.9 Å². The van der Waals surface area contributed by atoms with E-state index in [1.807, 2.05) is 18.2 Å². The molecule has 2 nitrogen and oxygen atoms in total. The Labute approximate surface area is 335 Å². The normalized spacial score (nSPS) is 10.9. The number of aryl methyl sites for hydroxylation is 4. The third-order valence-corrected chi connectivity index (χ3v) is 10.4. The zero-order valence-electron chi connectivity index (χ0n) is 33.0. The van der Waals surface area contributed by atoms with E-state index in [1.165, 1.54) is 50.4 Å². The van der Waals surface area contributed by atoms with E-state index in [9.17, 15) is 0 Å². The first kappa shape index (κ1) is 44.7. The Hall–Kier alpha value is -2.50. The summed E-state index contributed by atoms with van der Waals surface area (Å²) in [6, 6.07) is 34.5. The summed E-state index contributed by atoms with van der Waals surface area (Å²) in [5, 5.41) is 3.95. The molecule has 0 aliphatic carbocycles. The van der Waals surface area contributed by atoms with E-state index in [-0.39, 0.29) is 18.9 Å². The fourth-order valence-electron chi connectivity index (χ4n) is 5.49. The van der Waals surface area contributed by atoms with Crippen molar-refractivity contribution in [3.05, 3.63) is 131 Å².